The Morgan fingerprint density at radius 1 is 0.545 bits per heavy atom. The summed E-state index contributed by atoms with van der Waals surface area (Å²) >= 11 is 0. The zero-order chi connectivity index (χ0) is 48.4. The Kier molecular flexibility index (Phi) is 42.1. The number of hydrogen-bond donors (Lipinski definition) is 6. The Morgan fingerprint density at radius 3 is 1.21 bits per heavy atom. The summed E-state index contributed by atoms with van der Waals surface area (Å²) in [4.78, 5) is 13.1. The van der Waals surface area contributed by atoms with E-state index >= 15 is 0 Å². The third-order valence-electron chi connectivity index (χ3n) is 13.7. The predicted octanol–water partition coefficient (Wildman–Crippen LogP) is 12.5. The lowest BCUT2D eigenvalue weighted by Gasteiger charge is -2.41. The van der Waals surface area contributed by atoms with Crippen LogP contribution in [0.1, 0.15) is 277 Å². The number of carbonyl (C=O) groups excluding carboxylic acids is 1. The summed E-state index contributed by atoms with van der Waals surface area (Å²) in [5, 5.41) is 45.1. The van der Waals surface area contributed by atoms with Crippen LogP contribution < -0.4 is 5.32 Å². The van der Waals surface area contributed by atoms with Crippen molar-refractivity contribution in [1.82, 2.24) is 5.32 Å². The Morgan fingerprint density at radius 2 is 0.879 bits per heavy atom. The molecule has 0 radical (unpaired) electrons. The highest BCUT2D eigenvalue weighted by Crippen LogP contribution is 2.26. The van der Waals surface area contributed by atoms with E-state index in [1.807, 2.05) is 0 Å². The van der Waals surface area contributed by atoms with Crippen LogP contribution in [0.4, 0.5) is 0 Å². The molecule has 6 N–H and O–H groups in total. The first-order valence-corrected chi connectivity index (χ1v) is 29.3. The van der Waals surface area contributed by atoms with Crippen LogP contribution in [0, 0.1) is 0 Å². The molecule has 1 amide bonds. The van der Waals surface area contributed by atoms with Gasteiger partial charge in [0.05, 0.1) is 25.4 Å². The van der Waals surface area contributed by atoms with Gasteiger partial charge in [0.2, 0.25) is 5.91 Å². The molecule has 0 aromatic rings. The van der Waals surface area contributed by atoms with Crippen molar-refractivity contribution in [2.24, 2.45) is 0 Å². The predicted molar refractivity (Wildman–Crippen MR) is 269 cm³/mol. The van der Waals surface area contributed by atoms with E-state index in [0.717, 1.165) is 51.4 Å². The van der Waals surface area contributed by atoms with E-state index in [0.29, 0.717) is 12.8 Å². The second-order valence-corrected chi connectivity index (χ2v) is 20.9. The van der Waals surface area contributed by atoms with Crippen molar-refractivity contribution in [3.63, 3.8) is 0 Å². The molecular formula is C53H105NO11S. The highest BCUT2D eigenvalue weighted by molar-refractivity contribution is 7.80. The van der Waals surface area contributed by atoms with Gasteiger partial charge in [-0.3, -0.25) is 9.35 Å². The molecule has 1 aliphatic rings. The summed E-state index contributed by atoms with van der Waals surface area (Å²) in [6.07, 6.45) is 41.0. The van der Waals surface area contributed by atoms with Gasteiger partial charge in [-0.05, 0) is 12.8 Å². The molecule has 394 valence electrons. The van der Waals surface area contributed by atoms with Gasteiger partial charge < -0.3 is 35.2 Å². The van der Waals surface area contributed by atoms with Gasteiger partial charge in [0.25, 0.3) is 0 Å². The number of unbranched alkanes of at least 4 members (excludes halogenated alkanes) is 37. The SMILES string of the molecule is CCCCCCCCCCCCCCCCCCCCCCCCCC(=O)NC(COC1OC(CO)C(O)C(OS(=O)(=O)O)C1O)C(O)CCCCCCCCCCCCCCCCCC. The summed E-state index contributed by atoms with van der Waals surface area (Å²) in [5.41, 5.74) is 0. The van der Waals surface area contributed by atoms with Crippen LogP contribution in [0.15, 0.2) is 0 Å². The van der Waals surface area contributed by atoms with Gasteiger partial charge in [0, 0.05) is 6.42 Å². The van der Waals surface area contributed by atoms with Crippen molar-refractivity contribution in [1.29, 1.82) is 0 Å². The van der Waals surface area contributed by atoms with E-state index in [-0.39, 0.29) is 12.5 Å². The van der Waals surface area contributed by atoms with E-state index in [1.165, 1.54) is 199 Å². The fraction of sp³-hybridized carbons (Fsp3) is 0.981. The molecule has 7 atom stereocenters. The maximum absolute atomic E-state index is 13.1. The normalized spacial score (nSPS) is 19.9. The lowest BCUT2D eigenvalue weighted by molar-refractivity contribution is -0.298. The van der Waals surface area contributed by atoms with Crippen LogP contribution >= 0.6 is 0 Å². The summed E-state index contributed by atoms with van der Waals surface area (Å²) < 4.78 is 47.8. The number of rotatable bonds is 49. The van der Waals surface area contributed by atoms with Crippen molar-refractivity contribution >= 4 is 16.3 Å². The molecule has 1 aliphatic heterocycles. The minimum Gasteiger partial charge on any atom is -0.394 e. The molecule has 7 unspecified atom stereocenters. The highest BCUT2D eigenvalue weighted by Gasteiger charge is 2.48. The highest BCUT2D eigenvalue weighted by atomic mass is 32.3. The quantitative estimate of drug-likeness (QED) is 0.0251. The lowest BCUT2D eigenvalue weighted by Crippen LogP contribution is -2.61. The Bertz CT molecular complexity index is 1180. The molecular weight excluding hydrogens is 859 g/mol. The molecule has 66 heavy (non-hydrogen) atoms. The largest absolute Gasteiger partial charge is 0.397 e. The smallest absolute Gasteiger partial charge is 0.394 e. The van der Waals surface area contributed by atoms with Crippen molar-refractivity contribution in [3.8, 4) is 0 Å². The zero-order valence-electron chi connectivity index (χ0n) is 42.5. The van der Waals surface area contributed by atoms with Gasteiger partial charge in [-0.2, -0.15) is 8.42 Å². The first-order chi connectivity index (χ1) is 32.0. The van der Waals surface area contributed by atoms with Crippen LogP contribution in [-0.4, -0.2) is 95.4 Å². The molecule has 0 saturated carbocycles. The Hall–Kier alpha value is -0.900. The molecule has 0 aliphatic carbocycles. The standard InChI is InChI=1S/C53H105NO11S/c1-3-5-7-9-11-13-15-17-19-21-22-23-24-25-26-27-29-31-33-35-37-39-41-43-49(57)54-46(45-63-53-51(59)52(65-66(60,61)62)50(58)48(44-55)64-53)47(56)42-40-38-36-34-32-30-28-20-18-16-14-12-10-8-6-4-2/h46-48,50-53,55-56,58-59H,3-45H2,1-2H3,(H,54,57)(H,60,61,62). The second-order valence-electron chi connectivity index (χ2n) is 19.9. The van der Waals surface area contributed by atoms with Gasteiger partial charge in [-0.1, -0.05) is 258 Å². The minimum atomic E-state index is -5.08. The fourth-order valence-electron chi connectivity index (χ4n) is 9.35. The van der Waals surface area contributed by atoms with Crippen LogP contribution in [0.3, 0.4) is 0 Å². The molecule has 0 aromatic carbocycles. The topological polar surface area (TPSA) is 192 Å². The molecule has 13 heteroatoms. The van der Waals surface area contributed by atoms with E-state index in [9.17, 15) is 38.2 Å². The Balaban J connectivity index is 2.35. The molecule has 0 spiro atoms. The maximum atomic E-state index is 13.1. The van der Waals surface area contributed by atoms with Crippen molar-refractivity contribution in [2.75, 3.05) is 13.2 Å². The van der Waals surface area contributed by atoms with Gasteiger partial charge in [-0.25, -0.2) is 4.18 Å². The minimum absolute atomic E-state index is 0.223. The zero-order valence-corrected chi connectivity index (χ0v) is 43.4. The van der Waals surface area contributed by atoms with E-state index in [1.54, 1.807) is 0 Å². The molecule has 1 fully saturated rings. The van der Waals surface area contributed by atoms with E-state index < -0.39 is 59.9 Å². The molecule has 0 bridgehead atoms. The summed E-state index contributed by atoms with van der Waals surface area (Å²) in [6, 6.07) is -0.852. The van der Waals surface area contributed by atoms with Crippen LogP contribution in [0.25, 0.3) is 0 Å². The van der Waals surface area contributed by atoms with Crippen molar-refractivity contribution in [2.45, 2.75) is 320 Å². The number of amides is 1. The Labute approximate surface area is 405 Å². The lowest BCUT2D eigenvalue weighted by atomic mass is 9.99. The second kappa shape index (κ2) is 44.1. The molecule has 0 aromatic heterocycles. The molecule has 1 heterocycles. The first kappa shape index (κ1) is 63.1. The number of hydrogen-bond acceptors (Lipinski definition) is 10. The van der Waals surface area contributed by atoms with Gasteiger partial charge in [0.1, 0.15) is 24.4 Å². The molecule has 12 nitrogen and oxygen atoms in total. The fourth-order valence-corrected chi connectivity index (χ4v) is 9.85. The van der Waals surface area contributed by atoms with Gasteiger partial charge in [0.15, 0.2) is 6.29 Å². The summed E-state index contributed by atoms with van der Waals surface area (Å²) in [7, 11) is -5.08. The number of aliphatic hydroxyl groups excluding tert-OH is 4. The third kappa shape index (κ3) is 36.1. The van der Waals surface area contributed by atoms with Crippen LogP contribution in [0.2, 0.25) is 0 Å². The average Bonchev–Trinajstić information content (AvgIpc) is 3.29. The number of carbonyl (C=O) groups is 1. The molecule has 1 rings (SSSR count). The monoisotopic (exact) mass is 964 g/mol. The maximum Gasteiger partial charge on any atom is 0.397 e. The third-order valence-corrected chi connectivity index (χ3v) is 14.1. The van der Waals surface area contributed by atoms with E-state index in [4.69, 9.17) is 9.47 Å². The number of nitrogens with one attached hydrogen (secondary N) is 1. The van der Waals surface area contributed by atoms with Crippen molar-refractivity contribution < 1.29 is 51.8 Å². The molecule has 1 saturated heterocycles. The summed E-state index contributed by atoms with van der Waals surface area (Å²) in [5.74, 6) is -0.223. The average molecular weight is 964 g/mol. The van der Waals surface area contributed by atoms with Crippen LogP contribution in [-0.2, 0) is 28.9 Å². The van der Waals surface area contributed by atoms with E-state index in [2.05, 4.69) is 23.3 Å². The number of ether oxygens (including phenoxy) is 2. The van der Waals surface area contributed by atoms with Gasteiger partial charge in [-0.15, -0.1) is 0 Å². The van der Waals surface area contributed by atoms with Gasteiger partial charge >= 0.3 is 10.4 Å². The van der Waals surface area contributed by atoms with Crippen molar-refractivity contribution in [3.05, 3.63) is 0 Å². The number of aliphatic hydroxyl groups is 4. The summed E-state index contributed by atoms with van der Waals surface area (Å²) in [6.45, 7) is 3.49. The first-order valence-electron chi connectivity index (χ1n) is 27.9. The van der Waals surface area contributed by atoms with Crippen LogP contribution in [0.5, 0.6) is 0 Å².